The molecule has 0 aliphatic heterocycles. The molecule has 2 N–H and O–H groups in total. The Bertz CT molecular complexity index is 380. The maximum atomic E-state index is 13.9. The lowest BCUT2D eigenvalue weighted by Gasteiger charge is -2.17. The molecule has 0 saturated carbocycles. The minimum absolute atomic E-state index is 0.0268. The first kappa shape index (κ1) is 13.8. The van der Waals surface area contributed by atoms with E-state index in [1.165, 1.54) is 13.2 Å². The summed E-state index contributed by atoms with van der Waals surface area (Å²) in [7, 11) is 1.54. The monoisotopic (exact) mass is 241 g/mol. The van der Waals surface area contributed by atoms with Crippen molar-refractivity contribution in [2.75, 3.05) is 13.7 Å². The lowest BCUT2D eigenvalue weighted by Crippen LogP contribution is -2.12. The summed E-state index contributed by atoms with van der Waals surface area (Å²) >= 11 is 0. The van der Waals surface area contributed by atoms with Gasteiger partial charge in [-0.2, -0.15) is 0 Å². The van der Waals surface area contributed by atoms with Gasteiger partial charge in [-0.05, 0) is 37.9 Å². The highest BCUT2D eigenvalue weighted by Crippen LogP contribution is 2.33. The number of rotatable bonds is 5. The average Bonchev–Trinajstić information content (AvgIpc) is 2.27. The maximum absolute atomic E-state index is 13.9. The lowest BCUT2D eigenvalue weighted by atomic mass is 10.00. The summed E-state index contributed by atoms with van der Waals surface area (Å²) < 4.78 is 24.6. The van der Waals surface area contributed by atoms with E-state index in [9.17, 15) is 4.39 Å². The fourth-order valence-electron chi connectivity index (χ4n) is 1.56. The molecule has 1 aromatic carbocycles. The summed E-state index contributed by atoms with van der Waals surface area (Å²) in [5.74, 6) is 0.611. The summed E-state index contributed by atoms with van der Waals surface area (Å²) in [5, 5.41) is 0. The van der Waals surface area contributed by atoms with Crippen LogP contribution in [0.5, 0.6) is 11.5 Å². The number of benzene rings is 1. The van der Waals surface area contributed by atoms with Gasteiger partial charge < -0.3 is 15.2 Å². The van der Waals surface area contributed by atoms with E-state index in [1.54, 1.807) is 6.07 Å². The van der Waals surface area contributed by atoms with Crippen LogP contribution in [0.1, 0.15) is 32.3 Å². The quantitative estimate of drug-likeness (QED) is 0.862. The number of hydrogen-bond donors (Lipinski definition) is 1. The third kappa shape index (κ3) is 3.33. The van der Waals surface area contributed by atoms with Gasteiger partial charge in [0, 0.05) is 6.07 Å². The fourth-order valence-corrected chi connectivity index (χ4v) is 1.56. The van der Waals surface area contributed by atoms with Crippen molar-refractivity contribution in [1.82, 2.24) is 0 Å². The van der Waals surface area contributed by atoms with Crippen molar-refractivity contribution in [2.45, 2.75) is 32.8 Å². The molecular weight excluding hydrogens is 221 g/mol. The molecule has 0 radical (unpaired) electrons. The third-order valence-corrected chi connectivity index (χ3v) is 2.53. The maximum Gasteiger partial charge on any atom is 0.164 e. The molecule has 1 atom stereocenters. The Kier molecular flexibility index (Phi) is 4.75. The van der Waals surface area contributed by atoms with Crippen molar-refractivity contribution in [3.63, 3.8) is 0 Å². The van der Waals surface area contributed by atoms with Gasteiger partial charge in [-0.25, -0.2) is 4.39 Å². The van der Waals surface area contributed by atoms with E-state index in [-0.39, 0.29) is 17.8 Å². The first-order chi connectivity index (χ1) is 7.99. The van der Waals surface area contributed by atoms with Gasteiger partial charge in [0.25, 0.3) is 0 Å². The van der Waals surface area contributed by atoms with Crippen LogP contribution in [-0.2, 0) is 0 Å². The predicted octanol–water partition coefficient (Wildman–Crippen LogP) is 2.68. The third-order valence-electron chi connectivity index (χ3n) is 2.53. The Balaban J connectivity index is 3.14. The van der Waals surface area contributed by atoms with Crippen LogP contribution >= 0.6 is 0 Å². The van der Waals surface area contributed by atoms with Gasteiger partial charge in [-0.3, -0.25) is 0 Å². The van der Waals surface area contributed by atoms with Crippen LogP contribution < -0.4 is 15.2 Å². The molecule has 1 rings (SSSR count). The van der Waals surface area contributed by atoms with Crippen LogP contribution in [0.3, 0.4) is 0 Å². The Morgan fingerprint density at radius 3 is 2.35 bits per heavy atom. The summed E-state index contributed by atoms with van der Waals surface area (Å²) in [4.78, 5) is 0. The standard InChI is InChI=1S/C13H20FNO2/c1-8(2)17-13-6-11(14)10(9(3)7-15)5-12(13)16-4/h5-6,8-9H,7,15H2,1-4H3. The molecule has 96 valence electrons. The topological polar surface area (TPSA) is 44.5 Å². The Morgan fingerprint density at radius 1 is 1.24 bits per heavy atom. The van der Waals surface area contributed by atoms with Crippen molar-refractivity contribution in [3.05, 3.63) is 23.5 Å². The molecule has 0 spiro atoms. The average molecular weight is 241 g/mol. The van der Waals surface area contributed by atoms with Crippen LogP contribution in [0.25, 0.3) is 0 Å². The molecule has 1 aromatic rings. The van der Waals surface area contributed by atoms with Gasteiger partial charge in [-0.15, -0.1) is 0 Å². The number of hydrogen-bond acceptors (Lipinski definition) is 3. The van der Waals surface area contributed by atoms with Crippen LogP contribution in [0.15, 0.2) is 12.1 Å². The SMILES string of the molecule is COc1cc(C(C)CN)c(F)cc1OC(C)C. The fraction of sp³-hybridized carbons (Fsp3) is 0.538. The summed E-state index contributed by atoms with van der Waals surface area (Å²) in [5.41, 5.74) is 6.10. The smallest absolute Gasteiger partial charge is 0.164 e. The summed E-state index contributed by atoms with van der Waals surface area (Å²) in [6.07, 6.45) is -0.0268. The minimum atomic E-state index is -0.306. The molecule has 1 unspecified atom stereocenters. The van der Waals surface area contributed by atoms with Crippen LogP contribution in [0, 0.1) is 5.82 Å². The highest BCUT2D eigenvalue weighted by molar-refractivity contribution is 5.45. The zero-order valence-corrected chi connectivity index (χ0v) is 10.8. The Labute approximate surface area is 102 Å². The first-order valence-electron chi connectivity index (χ1n) is 5.73. The molecule has 0 heterocycles. The molecular formula is C13H20FNO2. The zero-order valence-electron chi connectivity index (χ0n) is 10.8. The van der Waals surface area contributed by atoms with E-state index in [0.717, 1.165) is 0 Å². The molecule has 0 bridgehead atoms. The van der Waals surface area contributed by atoms with Gasteiger partial charge in [0.1, 0.15) is 5.82 Å². The molecule has 0 aromatic heterocycles. The van der Waals surface area contributed by atoms with Gasteiger partial charge in [0.2, 0.25) is 0 Å². The number of methoxy groups -OCH3 is 1. The molecule has 3 nitrogen and oxygen atoms in total. The van der Waals surface area contributed by atoms with E-state index in [4.69, 9.17) is 15.2 Å². The van der Waals surface area contributed by atoms with E-state index in [2.05, 4.69) is 0 Å². The highest BCUT2D eigenvalue weighted by Gasteiger charge is 2.16. The Hall–Kier alpha value is -1.29. The van der Waals surface area contributed by atoms with Crippen molar-refractivity contribution < 1.29 is 13.9 Å². The van der Waals surface area contributed by atoms with Crippen molar-refractivity contribution in [1.29, 1.82) is 0 Å². The molecule has 0 aliphatic rings. The Morgan fingerprint density at radius 2 is 1.88 bits per heavy atom. The number of halogens is 1. The number of ether oxygens (including phenoxy) is 2. The molecule has 4 heteroatoms. The predicted molar refractivity (Wildman–Crippen MR) is 66.2 cm³/mol. The van der Waals surface area contributed by atoms with Crippen LogP contribution in [0.4, 0.5) is 4.39 Å². The van der Waals surface area contributed by atoms with Gasteiger partial charge >= 0.3 is 0 Å². The van der Waals surface area contributed by atoms with Gasteiger partial charge in [-0.1, -0.05) is 6.92 Å². The summed E-state index contributed by atoms with van der Waals surface area (Å²) in [6.45, 7) is 6.03. The molecule has 0 fully saturated rings. The molecule has 0 amide bonds. The normalized spacial score (nSPS) is 12.6. The summed E-state index contributed by atoms with van der Waals surface area (Å²) in [6, 6.07) is 3.02. The second-order valence-corrected chi connectivity index (χ2v) is 4.33. The zero-order chi connectivity index (χ0) is 13.0. The van der Waals surface area contributed by atoms with Crippen molar-refractivity contribution in [3.8, 4) is 11.5 Å². The number of nitrogens with two attached hydrogens (primary N) is 1. The van der Waals surface area contributed by atoms with Crippen molar-refractivity contribution >= 4 is 0 Å². The van der Waals surface area contributed by atoms with Crippen LogP contribution in [-0.4, -0.2) is 19.8 Å². The van der Waals surface area contributed by atoms with E-state index in [1.807, 2.05) is 20.8 Å². The lowest BCUT2D eigenvalue weighted by molar-refractivity contribution is 0.228. The van der Waals surface area contributed by atoms with Crippen molar-refractivity contribution in [2.24, 2.45) is 5.73 Å². The molecule has 17 heavy (non-hydrogen) atoms. The van der Waals surface area contributed by atoms with Crippen LogP contribution in [0.2, 0.25) is 0 Å². The minimum Gasteiger partial charge on any atom is -0.493 e. The molecule has 0 aliphatic carbocycles. The highest BCUT2D eigenvalue weighted by atomic mass is 19.1. The first-order valence-corrected chi connectivity index (χ1v) is 5.73. The largest absolute Gasteiger partial charge is 0.493 e. The molecule has 0 saturated heterocycles. The van der Waals surface area contributed by atoms with E-state index >= 15 is 0 Å². The van der Waals surface area contributed by atoms with E-state index < -0.39 is 0 Å². The van der Waals surface area contributed by atoms with E-state index in [0.29, 0.717) is 23.6 Å². The second-order valence-electron chi connectivity index (χ2n) is 4.33. The second kappa shape index (κ2) is 5.87. The van der Waals surface area contributed by atoms with Gasteiger partial charge in [0.15, 0.2) is 11.5 Å². The van der Waals surface area contributed by atoms with Gasteiger partial charge in [0.05, 0.1) is 13.2 Å².